The summed E-state index contributed by atoms with van der Waals surface area (Å²) < 4.78 is 12.0. The van der Waals surface area contributed by atoms with Crippen molar-refractivity contribution in [3.05, 3.63) is 0 Å². The maximum atomic E-state index is 10.6. The number of hydrogen-bond acceptors (Lipinski definition) is 4. The fourth-order valence-electron chi connectivity index (χ4n) is 6.96. The van der Waals surface area contributed by atoms with Crippen molar-refractivity contribution in [2.45, 2.75) is 89.9 Å². The average Bonchev–Trinajstić information content (AvgIpc) is 3.20. The van der Waals surface area contributed by atoms with Crippen molar-refractivity contribution in [1.82, 2.24) is 0 Å². The monoisotopic (exact) mass is 366 g/mol. The first-order valence-electron chi connectivity index (χ1n) is 11.0. The van der Waals surface area contributed by atoms with Crippen LogP contribution in [0.2, 0.25) is 0 Å². The van der Waals surface area contributed by atoms with Crippen LogP contribution in [-0.4, -0.2) is 41.9 Å². The molecule has 4 nitrogen and oxygen atoms in total. The molecule has 1 spiro atoms. The van der Waals surface area contributed by atoms with Crippen molar-refractivity contribution >= 4 is 0 Å². The number of hydrogen-bond donors (Lipinski definition) is 2. The summed E-state index contributed by atoms with van der Waals surface area (Å²) in [6.45, 7) is 6.33. The Bertz CT molecular complexity index is 490. The highest BCUT2D eigenvalue weighted by Crippen LogP contribution is 2.59. The molecule has 1 saturated heterocycles. The van der Waals surface area contributed by atoms with Crippen molar-refractivity contribution in [3.8, 4) is 0 Å². The van der Waals surface area contributed by atoms with Gasteiger partial charge in [-0.2, -0.15) is 0 Å². The minimum Gasteiger partial charge on any atom is -0.396 e. The Morgan fingerprint density at radius 2 is 1.81 bits per heavy atom. The Hall–Kier alpha value is -0.160. The van der Waals surface area contributed by atoms with E-state index in [1.165, 1.54) is 19.3 Å². The molecule has 4 rings (SSSR count). The molecule has 0 aromatic heterocycles. The van der Waals surface area contributed by atoms with E-state index >= 15 is 0 Å². The van der Waals surface area contributed by atoms with Gasteiger partial charge in [-0.25, -0.2) is 0 Å². The molecule has 0 unspecified atom stereocenters. The zero-order valence-electron chi connectivity index (χ0n) is 16.7. The van der Waals surface area contributed by atoms with Gasteiger partial charge in [-0.3, -0.25) is 0 Å². The first kappa shape index (κ1) is 19.2. The molecule has 1 aliphatic heterocycles. The van der Waals surface area contributed by atoms with E-state index in [1.54, 1.807) is 0 Å². The Kier molecular flexibility index (Phi) is 5.18. The number of rotatable bonds is 4. The number of aliphatic hydroxyl groups excluding tert-OH is 2. The molecular formula is C22H38O4. The Morgan fingerprint density at radius 1 is 1.04 bits per heavy atom. The van der Waals surface area contributed by atoms with Crippen LogP contribution in [0.25, 0.3) is 0 Å². The molecule has 4 fully saturated rings. The second kappa shape index (κ2) is 7.02. The second-order valence-corrected chi connectivity index (χ2v) is 10.1. The lowest BCUT2D eigenvalue weighted by Gasteiger charge is -2.55. The second-order valence-electron chi connectivity index (χ2n) is 10.1. The normalized spacial score (nSPS) is 48.0. The van der Waals surface area contributed by atoms with Crippen molar-refractivity contribution < 1.29 is 19.7 Å². The minimum atomic E-state index is -0.354. The van der Waals surface area contributed by atoms with E-state index < -0.39 is 0 Å². The third kappa shape index (κ3) is 2.96. The quantitative estimate of drug-likeness (QED) is 0.792. The van der Waals surface area contributed by atoms with Gasteiger partial charge in [-0.05, 0) is 73.5 Å². The zero-order chi connectivity index (χ0) is 18.4. The van der Waals surface area contributed by atoms with Crippen LogP contribution >= 0.6 is 0 Å². The standard InChI is InChI=1S/C22H38O4/c1-16-6-7-19(24)20(16,2)9-8-17-4-3-5-18-14-22(25-12-13-26-22)11-10-21(17,18)15-23/h16-19,23-24H,3-15H2,1-2H3/t16-,17-,18+,19+,20+,21+/m1/s1. The molecule has 150 valence electrons. The van der Waals surface area contributed by atoms with Crippen molar-refractivity contribution in [3.63, 3.8) is 0 Å². The van der Waals surface area contributed by atoms with E-state index in [2.05, 4.69) is 13.8 Å². The van der Waals surface area contributed by atoms with E-state index in [4.69, 9.17) is 9.47 Å². The molecule has 3 aliphatic carbocycles. The predicted molar refractivity (Wildman–Crippen MR) is 101 cm³/mol. The van der Waals surface area contributed by atoms with Crippen LogP contribution in [0.15, 0.2) is 0 Å². The lowest BCUT2D eigenvalue weighted by Crippen LogP contribution is -2.53. The minimum absolute atomic E-state index is 0.0436. The van der Waals surface area contributed by atoms with Gasteiger partial charge in [0.05, 0.1) is 19.3 Å². The molecule has 4 aliphatic rings. The smallest absolute Gasteiger partial charge is 0.168 e. The molecular weight excluding hydrogens is 328 g/mol. The van der Waals surface area contributed by atoms with Gasteiger partial charge in [0, 0.05) is 19.4 Å². The molecule has 3 saturated carbocycles. The summed E-state index contributed by atoms with van der Waals surface area (Å²) in [4.78, 5) is 0. The van der Waals surface area contributed by atoms with Gasteiger partial charge < -0.3 is 19.7 Å². The van der Waals surface area contributed by atoms with Crippen LogP contribution in [0.4, 0.5) is 0 Å². The van der Waals surface area contributed by atoms with Gasteiger partial charge in [0.2, 0.25) is 0 Å². The predicted octanol–water partition coefficient (Wildman–Crippen LogP) is 3.89. The van der Waals surface area contributed by atoms with Crippen LogP contribution < -0.4 is 0 Å². The fourth-order valence-corrected chi connectivity index (χ4v) is 6.96. The number of aliphatic hydroxyl groups is 2. The molecule has 4 heteroatoms. The van der Waals surface area contributed by atoms with Gasteiger partial charge in [0.25, 0.3) is 0 Å². The fraction of sp³-hybridized carbons (Fsp3) is 1.00. The molecule has 26 heavy (non-hydrogen) atoms. The molecule has 6 atom stereocenters. The molecule has 0 bridgehead atoms. The van der Waals surface area contributed by atoms with E-state index in [1.807, 2.05) is 0 Å². The van der Waals surface area contributed by atoms with Crippen molar-refractivity contribution in [2.75, 3.05) is 19.8 Å². The Labute approximate surface area is 158 Å². The van der Waals surface area contributed by atoms with Crippen LogP contribution in [-0.2, 0) is 9.47 Å². The van der Waals surface area contributed by atoms with E-state index in [9.17, 15) is 10.2 Å². The lowest BCUT2D eigenvalue weighted by atomic mass is 9.52. The number of fused-ring (bicyclic) bond motifs is 1. The zero-order valence-corrected chi connectivity index (χ0v) is 16.7. The average molecular weight is 367 g/mol. The van der Waals surface area contributed by atoms with Gasteiger partial charge in [0.1, 0.15) is 0 Å². The first-order chi connectivity index (χ1) is 12.4. The summed E-state index contributed by atoms with van der Waals surface area (Å²) in [5.74, 6) is 1.32. The molecule has 0 radical (unpaired) electrons. The van der Waals surface area contributed by atoms with Gasteiger partial charge in [0.15, 0.2) is 5.79 Å². The Morgan fingerprint density at radius 3 is 2.46 bits per heavy atom. The third-order valence-corrected chi connectivity index (χ3v) is 9.16. The van der Waals surface area contributed by atoms with E-state index in [-0.39, 0.29) is 22.7 Å². The van der Waals surface area contributed by atoms with Crippen LogP contribution in [0.3, 0.4) is 0 Å². The summed E-state index contributed by atoms with van der Waals surface area (Å²) >= 11 is 0. The largest absolute Gasteiger partial charge is 0.396 e. The SMILES string of the molecule is C[C@@H]1CC[C@H](O)[C@@]1(C)CC[C@H]1CCC[C@H]2CC3(CC[C@]12CO)OCCO3. The molecule has 0 amide bonds. The van der Waals surface area contributed by atoms with Gasteiger partial charge >= 0.3 is 0 Å². The maximum absolute atomic E-state index is 10.6. The maximum Gasteiger partial charge on any atom is 0.168 e. The molecule has 1 heterocycles. The van der Waals surface area contributed by atoms with Crippen LogP contribution in [0.5, 0.6) is 0 Å². The summed E-state index contributed by atoms with van der Waals surface area (Å²) in [5.41, 5.74) is 0.0963. The van der Waals surface area contributed by atoms with Crippen molar-refractivity contribution in [1.29, 1.82) is 0 Å². The molecule has 0 aromatic rings. The van der Waals surface area contributed by atoms with E-state index in [0.717, 1.165) is 58.2 Å². The Balaban J connectivity index is 1.48. The molecule has 2 N–H and O–H groups in total. The highest BCUT2D eigenvalue weighted by Gasteiger charge is 2.56. The summed E-state index contributed by atoms with van der Waals surface area (Å²) in [5, 5.41) is 21.1. The van der Waals surface area contributed by atoms with Crippen LogP contribution in [0, 0.1) is 28.6 Å². The third-order valence-electron chi connectivity index (χ3n) is 9.16. The number of ether oxygens (including phenoxy) is 2. The summed E-state index contributed by atoms with van der Waals surface area (Å²) in [6, 6.07) is 0. The highest BCUT2D eigenvalue weighted by molar-refractivity contribution is 5.03. The summed E-state index contributed by atoms with van der Waals surface area (Å²) in [7, 11) is 0. The van der Waals surface area contributed by atoms with Gasteiger partial charge in [-0.1, -0.05) is 20.3 Å². The van der Waals surface area contributed by atoms with E-state index in [0.29, 0.717) is 24.4 Å². The first-order valence-corrected chi connectivity index (χ1v) is 11.0. The van der Waals surface area contributed by atoms with Crippen molar-refractivity contribution in [2.24, 2.45) is 28.6 Å². The lowest BCUT2D eigenvalue weighted by molar-refractivity contribution is -0.226. The summed E-state index contributed by atoms with van der Waals surface area (Å²) in [6.07, 6.45) is 10.8. The van der Waals surface area contributed by atoms with Gasteiger partial charge in [-0.15, -0.1) is 0 Å². The topological polar surface area (TPSA) is 58.9 Å². The molecule has 0 aromatic carbocycles. The highest BCUT2D eigenvalue weighted by atomic mass is 16.7. The van der Waals surface area contributed by atoms with Crippen LogP contribution in [0.1, 0.15) is 78.1 Å².